The minimum absolute atomic E-state index is 0.0772. The van der Waals surface area contributed by atoms with Crippen molar-refractivity contribution in [1.82, 2.24) is 29.5 Å². The third-order valence-electron chi connectivity index (χ3n) is 10.7. The Bertz CT molecular complexity index is 1720. The van der Waals surface area contributed by atoms with E-state index < -0.39 is 11.8 Å². The average molecular weight is 647 g/mol. The zero-order valence-electron chi connectivity index (χ0n) is 27.4. The van der Waals surface area contributed by atoms with E-state index in [4.69, 9.17) is 29.9 Å². The summed E-state index contributed by atoms with van der Waals surface area (Å²) in [6.07, 6.45) is 2.77. The zero-order valence-corrected chi connectivity index (χ0v) is 27.4. The summed E-state index contributed by atoms with van der Waals surface area (Å²) in [5, 5.41) is 4.62. The van der Waals surface area contributed by atoms with E-state index in [1.165, 1.54) is 0 Å². The molecule has 2 aromatic heterocycles. The lowest BCUT2D eigenvalue weighted by atomic mass is 9.80. The maximum atomic E-state index is 14.6. The van der Waals surface area contributed by atoms with Gasteiger partial charge in [0.15, 0.2) is 5.69 Å². The van der Waals surface area contributed by atoms with Gasteiger partial charge in [0.25, 0.3) is 5.91 Å². The predicted octanol–water partition coefficient (Wildman–Crippen LogP) is 3.38. The Balaban J connectivity index is 1.17. The van der Waals surface area contributed by atoms with E-state index in [1.807, 2.05) is 35.9 Å². The van der Waals surface area contributed by atoms with Crippen molar-refractivity contribution in [2.45, 2.75) is 82.1 Å². The number of nitrogen functional groups attached to an aromatic ring is 1. The number of amides is 1. The lowest BCUT2D eigenvalue weighted by Crippen LogP contribution is -2.45. The highest BCUT2D eigenvalue weighted by atomic mass is 19.1. The van der Waals surface area contributed by atoms with Crippen molar-refractivity contribution in [1.29, 1.82) is 0 Å². The van der Waals surface area contributed by atoms with Crippen molar-refractivity contribution in [2.24, 2.45) is 0 Å². The first-order valence-corrected chi connectivity index (χ1v) is 16.7. The van der Waals surface area contributed by atoms with E-state index in [9.17, 15) is 9.18 Å². The van der Waals surface area contributed by atoms with Gasteiger partial charge in [-0.15, -0.1) is 0 Å². The number of ether oxygens (including phenoxy) is 3. The lowest BCUT2D eigenvalue weighted by molar-refractivity contribution is -0.148. The molecule has 0 radical (unpaired) electrons. The fourth-order valence-corrected chi connectivity index (χ4v) is 8.29. The van der Waals surface area contributed by atoms with Crippen LogP contribution in [0.15, 0.2) is 24.3 Å². The summed E-state index contributed by atoms with van der Waals surface area (Å²) < 4.78 is 36.0. The molecule has 5 aliphatic heterocycles. The second-order valence-electron chi connectivity index (χ2n) is 14.1. The van der Waals surface area contributed by atoms with Crippen LogP contribution in [-0.4, -0.2) is 94.1 Å². The molecule has 1 amide bonds. The summed E-state index contributed by atoms with van der Waals surface area (Å²) in [6.45, 7) is 6.34. The zero-order chi connectivity index (χ0) is 32.5. The molecule has 13 heteroatoms. The Hall–Kier alpha value is -3.81. The van der Waals surface area contributed by atoms with Gasteiger partial charge in [0.1, 0.15) is 24.2 Å². The third-order valence-corrected chi connectivity index (χ3v) is 10.7. The summed E-state index contributed by atoms with van der Waals surface area (Å²) in [5.74, 6) is 0.627. The molecule has 12 nitrogen and oxygen atoms in total. The van der Waals surface area contributed by atoms with Crippen LogP contribution in [0, 0.1) is 0 Å². The maximum absolute atomic E-state index is 14.6. The molecule has 2 saturated heterocycles. The van der Waals surface area contributed by atoms with E-state index in [-0.39, 0.29) is 24.2 Å². The minimum atomic E-state index is -0.844. The Morgan fingerprint density at radius 3 is 2.91 bits per heavy atom. The van der Waals surface area contributed by atoms with Crippen LogP contribution in [0.3, 0.4) is 0 Å². The van der Waals surface area contributed by atoms with Gasteiger partial charge in [-0.3, -0.25) is 14.4 Å². The topological polar surface area (TPSA) is 124 Å². The fourth-order valence-electron chi connectivity index (χ4n) is 8.29. The number of rotatable bonds is 5. The van der Waals surface area contributed by atoms with Gasteiger partial charge in [-0.2, -0.15) is 15.1 Å². The fraction of sp³-hybridized carbons (Fsp3) is 0.588. The van der Waals surface area contributed by atoms with E-state index in [2.05, 4.69) is 14.9 Å². The first kappa shape index (κ1) is 30.5. The smallest absolute Gasteiger partial charge is 0.318 e. The number of hydrogen-bond donors (Lipinski definition) is 1. The summed E-state index contributed by atoms with van der Waals surface area (Å²) >= 11 is 0. The van der Waals surface area contributed by atoms with Crippen molar-refractivity contribution < 1.29 is 23.4 Å². The number of alkyl halides is 1. The molecule has 0 saturated carbocycles. The van der Waals surface area contributed by atoms with Crippen LogP contribution < -0.4 is 15.4 Å². The first-order valence-electron chi connectivity index (χ1n) is 16.7. The standard InChI is InChI=1S/C34H43FN8O4/c1-21-25-7-6-23(36)12-27(25)34(20-45-21)15-29-26(18-47-34)30(38-32(37-29)46-19-33-8-4-10-42(33)16-22(35)14-33)41-9-5-11-43-24(17-41)13-28(39-43)31(44)40(2)3/h6-7,12-13,21-22H,4-5,8-11,14-20,36H2,1-3H3/t21-,22+,33-,34-/m0/s1. The van der Waals surface area contributed by atoms with Gasteiger partial charge in [-0.05, 0) is 62.1 Å². The first-order chi connectivity index (χ1) is 22.6. The lowest BCUT2D eigenvalue weighted by Gasteiger charge is -2.44. The van der Waals surface area contributed by atoms with Crippen molar-refractivity contribution in [3.8, 4) is 6.01 Å². The van der Waals surface area contributed by atoms with Gasteiger partial charge in [-0.25, -0.2) is 4.39 Å². The normalized spacial score (nSPS) is 28.4. The highest BCUT2D eigenvalue weighted by Crippen LogP contribution is 2.46. The second kappa shape index (κ2) is 11.4. The van der Waals surface area contributed by atoms with Gasteiger partial charge in [0.05, 0.1) is 42.8 Å². The van der Waals surface area contributed by atoms with Crippen LogP contribution in [-0.2, 0) is 41.2 Å². The average Bonchev–Trinajstić information content (AvgIpc) is 3.68. The van der Waals surface area contributed by atoms with Crippen molar-refractivity contribution in [3.63, 3.8) is 0 Å². The minimum Gasteiger partial charge on any atom is -0.461 e. The SMILES string of the molecule is C[C@@H]1OC[C@@]2(Cc3nc(OC[C@@]45CCCN4C[C@H](F)C5)nc(N4CCCn5nc(C(=O)N(C)C)cc5C4)c3CO2)c2cc(N)ccc21. The Labute approximate surface area is 274 Å². The van der Waals surface area contributed by atoms with E-state index in [1.54, 1.807) is 19.0 Å². The highest BCUT2D eigenvalue weighted by Gasteiger charge is 2.50. The highest BCUT2D eigenvalue weighted by molar-refractivity contribution is 5.92. The summed E-state index contributed by atoms with van der Waals surface area (Å²) in [7, 11) is 3.46. The predicted molar refractivity (Wildman–Crippen MR) is 172 cm³/mol. The molecule has 8 rings (SSSR count). The van der Waals surface area contributed by atoms with Crippen LogP contribution >= 0.6 is 0 Å². The van der Waals surface area contributed by atoms with Crippen molar-refractivity contribution in [2.75, 3.05) is 57.6 Å². The Morgan fingerprint density at radius 2 is 2.06 bits per heavy atom. The molecule has 1 spiro atoms. The van der Waals surface area contributed by atoms with E-state index in [0.717, 1.165) is 66.2 Å². The third kappa shape index (κ3) is 5.23. The number of fused-ring (bicyclic) bond motifs is 5. The summed E-state index contributed by atoms with van der Waals surface area (Å²) in [5.41, 5.74) is 11.1. The van der Waals surface area contributed by atoms with Gasteiger partial charge in [-0.1, -0.05) is 6.07 Å². The second-order valence-corrected chi connectivity index (χ2v) is 14.1. The number of aromatic nitrogens is 4. The number of carbonyl (C=O) groups is 1. The van der Waals surface area contributed by atoms with Crippen LogP contribution in [0.4, 0.5) is 15.9 Å². The van der Waals surface area contributed by atoms with Crippen LogP contribution in [0.1, 0.15) is 77.3 Å². The number of nitrogens with two attached hydrogens (primary N) is 1. The van der Waals surface area contributed by atoms with E-state index >= 15 is 0 Å². The summed E-state index contributed by atoms with van der Waals surface area (Å²) in [4.78, 5) is 28.8. The molecule has 5 aliphatic rings. The summed E-state index contributed by atoms with van der Waals surface area (Å²) in [6, 6.07) is 8.10. The van der Waals surface area contributed by atoms with E-state index in [0.29, 0.717) is 63.1 Å². The number of aryl methyl sites for hydroxylation is 1. The van der Waals surface area contributed by atoms with Crippen LogP contribution in [0.2, 0.25) is 0 Å². The molecular weight excluding hydrogens is 603 g/mol. The largest absolute Gasteiger partial charge is 0.461 e. The monoisotopic (exact) mass is 646 g/mol. The van der Waals surface area contributed by atoms with Crippen LogP contribution in [0.5, 0.6) is 6.01 Å². The number of carbonyl (C=O) groups excluding carboxylic acids is 1. The van der Waals surface area contributed by atoms with Gasteiger partial charge in [0.2, 0.25) is 0 Å². The molecule has 47 heavy (non-hydrogen) atoms. The quantitative estimate of drug-likeness (QED) is 0.413. The van der Waals surface area contributed by atoms with Gasteiger partial charge < -0.3 is 29.7 Å². The van der Waals surface area contributed by atoms with Crippen LogP contribution in [0.25, 0.3) is 0 Å². The van der Waals surface area contributed by atoms with Gasteiger partial charge >= 0.3 is 6.01 Å². The molecule has 0 unspecified atom stereocenters. The van der Waals surface area contributed by atoms with Gasteiger partial charge in [0, 0.05) is 57.8 Å². The van der Waals surface area contributed by atoms with Crippen molar-refractivity contribution in [3.05, 3.63) is 58.0 Å². The molecule has 0 bridgehead atoms. The number of anilines is 2. The molecule has 0 aliphatic carbocycles. The molecule has 4 atom stereocenters. The Morgan fingerprint density at radius 1 is 1.19 bits per heavy atom. The molecular formula is C34H43FN8O4. The Kier molecular flexibility index (Phi) is 7.41. The van der Waals surface area contributed by atoms with Crippen molar-refractivity contribution >= 4 is 17.4 Å². The number of benzene rings is 1. The molecule has 1 aromatic carbocycles. The molecule has 2 fully saturated rings. The molecule has 7 heterocycles. The maximum Gasteiger partial charge on any atom is 0.318 e. The number of hydrogen-bond acceptors (Lipinski definition) is 10. The number of nitrogens with zero attached hydrogens (tertiary/aromatic N) is 7. The number of halogens is 1. The molecule has 3 aromatic rings. The molecule has 250 valence electrons. The molecule has 2 N–H and O–H groups in total.